The van der Waals surface area contributed by atoms with Gasteiger partial charge in [-0.2, -0.15) is 5.26 Å². The molecule has 1 rings (SSSR count). The molecule has 0 radical (unpaired) electrons. The van der Waals surface area contributed by atoms with E-state index in [0.717, 1.165) is 19.5 Å². The molecule has 0 bridgehead atoms. The smallest absolute Gasteiger partial charge is 0.0638 e. The van der Waals surface area contributed by atoms with Gasteiger partial charge in [0, 0.05) is 18.6 Å². The average Bonchev–Trinajstić information content (AvgIpc) is 2.27. The highest BCUT2D eigenvalue weighted by atomic mass is 15.2. The molecule has 0 spiro atoms. The molecule has 15 heavy (non-hydrogen) atoms. The maximum atomic E-state index is 8.81. The summed E-state index contributed by atoms with van der Waals surface area (Å²) in [5, 5.41) is 8.81. The molecule has 0 amide bonds. The van der Waals surface area contributed by atoms with Gasteiger partial charge < -0.3 is 5.73 Å². The number of rotatable bonds is 4. The zero-order valence-electron chi connectivity index (χ0n) is 9.95. The predicted molar refractivity (Wildman–Crippen MR) is 62.3 cm³/mol. The van der Waals surface area contributed by atoms with Gasteiger partial charge in [0.2, 0.25) is 0 Å². The van der Waals surface area contributed by atoms with Crippen molar-refractivity contribution in [2.24, 2.45) is 11.7 Å². The molecule has 0 aromatic heterocycles. The molecule has 1 fully saturated rings. The number of likely N-dealkylation sites (tertiary alicyclic amines) is 1. The first-order chi connectivity index (χ1) is 7.22. The van der Waals surface area contributed by atoms with Crippen LogP contribution in [0.1, 0.15) is 39.5 Å². The summed E-state index contributed by atoms with van der Waals surface area (Å²) in [6.07, 6.45) is 4.19. The van der Waals surface area contributed by atoms with E-state index in [1.54, 1.807) is 0 Å². The van der Waals surface area contributed by atoms with Crippen molar-refractivity contribution in [3.63, 3.8) is 0 Å². The summed E-state index contributed by atoms with van der Waals surface area (Å²) in [5.74, 6) is 0.633. The van der Waals surface area contributed by atoms with Gasteiger partial charge in [-0.15, -0.1) is 0 Å². The molecule has 1 heterocycles. The summed E-state index contributed by atoms with van der Waals surface area (Å²) >= 11 is 0. The predicted octanol–water partition coefficient (Wildman–Crippen LogP) is 1.74. The second kappa shape index (κ2) is 6.09. The highest BCUT2D eigenvalue weighted by molar-refractivity contribution is 4.88. The highest BCUT2D eigenvalue weighted by Gasteiger charge is 2.28. The van der Waals surface area contributed by atoms with E-state index in [0.29, 0.717) is 24.4 Å². The van der Waals surface area contributed by atoms with E-state index in [2.05, 4.69) is 24.8 Å². The molecular formula is C12H23N3. The molecule has 3 heteroatoms. The Balaban J connectivity index is 2.59. The molecule has 0 saturated carbocycles. The quantitative estimate of drug-likeness (QED) is 0.767. The van der Waals surface area contributed by atoms with Gasteiger partial charge in [0.1, 0.15) is 0 Å². The molecular weight excluding hydrogens is 186 g/mol. The van der Waals surface area contributed by atoms with Crippen LogP contribution in [0.15, 0.2) is 0 Å². The number of nitriles is 1. The van der Waals surface area contributed by atoms with Crippen molar-refractivity contribution < 1.29 is 0 Å². The van der Waals surface area contributed by atoms with Crippen molar-refractivity contribution in [3.05, 3.63) is 0 Å². The number of nitrogens with zero attached hydrogens (tertiary/aromatic N) is 2. The Morgan fingerprint density at radius 3 is 2.80 bits per heavy atom. The SMILES string of the molecule is CCC(CC#N)N1CC(CN)CCC1C. The molecule has 3 atom stereocenters. The lowest BCUT2D eigenvalue weighted by Crippen LogP contribution is -2.48. The summed E-state index contributed by atoms with van der Waals surface area (Å²) in [4.78, 5) is 2.49. The highest BCUT2D eigenvalue weighted by Crippen LogP contribution is 2.25. The van der Waals surface area contributed by atoms with Crippen molar-refractivity contribution >= 4 is 0 Å². The minimum absolute atomic E-state index is 0.430. The summed E-state index contributed by atoms with van der Waals surface area (Å²) in [6, 6.07) is 3.34. The fourth-order valence-electron chi connectivity index (χ4n) is 2.51. The Hall–Kier alpha value is -0.590. The summed E-state index contributed by atoms with van der Waals surface area (Å²) in [5.41, 5.74) is 5.73. The molecule has 0 aliphatic carbocycles. The van der Waals surface area contributed by atoms with Crippen LogP contribution < -0.4 is 5.73 Å². The number of piperidine rings is 1. The van der Waals surface area contributed by atoms with Crippen LogP contribution in [0.4, 0.5) is 0 Å². The van der Waals surface area contributed by atoms with E-state index in [-0.39, 0.29) is 0 Å². The maximum absolute atomic E-state index is 8.81. The van der Waals surface area contributed by atoms with Crippen LogP contribution in [0, 0.1) is 17.2 Å². The lowest BCUT2D eigenvalue weighted by atomic mass is 9.91. The molecule has 86 valence electrons. The third kappa shape index (κ3) is 3.19. The molecule has 0 aromatic rings. The molecule has 0 aromatic carbocycles. The Morgan fingerprint density at radius 2 is 2.27 bits per heavy atom. The Kier molecular flexibility index (Phi) is 5.07. The van der Waals surface area contributed by atoms with Gasteiger partial charge in [0.15, 0.2) is 0 Å². The first-order valence-electron chi connectivity index (χ1n) is 6.05. The summed E-state index contributed by atoms with van der Waals surface area (Å²) < 4.78 is 0. The molecule has 2 N–H and O–H groups in total. The normalized spacial score (nSPS) is 29.7. The van der Waals surface area contributed by atoms with Gasteiger partial charge in [-0.3, -0.25) is 4.90 Å². The topological polar surface area (TPSA) is 53.0 Å². The van der Waals surface area contributed by atoms with E-state index in [1.807, 2.05) is 0 Å². The maximum Gasteiger partial charge on any atom is 0.0638 e. The van der Waals surface area contributed by atoms with E-state index >= 15 is 0 Å². The summed E-state index contributed by atoms with van der Waals surface area (Å²) in [7, 11) is 0. The fraction of sp³-hybridized carbons (Fsp3) is 0.917. The van der Waals surface area contributed by atoms with Crippen LogP contribution in [-0.2, 0) is 0 Å². The monoisotopic (exact) mass is 209 g/mol. The average molecular weight is 209 g/mol. The van der Waals surface area contributed by atoms with Crippen LogP contribution in [0.25, 0.3) is 0 Å². The standard InChI is InChI=1S/C12H23N3/c1-3-12(6-7-13)15-9-11(8-14)5-4-10(15)2/h10-12H,3-6,8-9,14H2,1-2H3. The van der Waals surface area contributed by atoms with Crippen LogP contribution in [-0.4, -0.2) is 30.1 Å². The lowest BCUT2D eigenvalue weighted by molar-refractivity contribution is 0.0734. The van der Waals surface area contributed by atoms with E-state index in [9.17, 15) is 0 Å². The molecule has 1 aliphatic rings. The third-order valence-corrected chi connectivity index (χ3v) is 3.63. The van der Waals surface area contributed by atoms with Gasteiger partial charge in [0.05, 0.1) is 12.5 Å². The van der Waals surface area contributed by atoms with Crippen LogP contribution in [0.5, 0.6) is 0 Å². The molecule has 1 saturated heterocycles. The zero-order valence-corrected chi connectivity index (χ0v) is 9.95. The first kappa shape index (κ1) is 12.5. The van der Waals surface area contributed by atoms with Crippen LogP contribution >= 0.6 is 0 Å². The van der Waals surface area contributed by atoms with Crippen LogP contribution in [0.3, 0.4) is 0 Å². The molecule has 3 unspecified atom stereocenters. The van der Waals surface area contributed by atoms with Gasteiger partial charge in [0.25, 0.3) is 0 Å². The number of hydrogen-bond acceptors (Lipinski definition) is 3. The summed E-state index contributed by atoms with van der Waals surface area (Å²) in [6.45, 7) is 6.30. The fourth-order valence-corrected chi connectivity index (χ4v) is 2.51. The minimum Gasteiger partial charge on any atom is -0.330 e. The second-order valence-corrected chi connectivity index (χ2v) is 4.65. The Bertz CT molecular complexity index is 221. The van der Waals surface area contributed by atoms with E-state index < -0.39 is 0 Å². The van der Waals surface area contributed by atoms with Crippen molar-refractivity contribution in [2.75, 3.05) is 13.1 Å². The Morgan fingerprint density at radius 1 is 1.53 bits per heavy atom. The number of nitrogens with two attached hydrogens (primary N) is 1. The van der Waals surface area contributed by atoms with Gasteiger partial charge in [-0.05, 0) is 38.6 Å². The minimum atomic E-state index is 0.430. The second-order valence-electron chi connectivity index (χ2n) is 4.65. The third-order valence-electron chi connectivity index (χ3n) is 3.63. The van der Waals surface area contributed by atoms with Gasteiger partial charge in [-0.1, -0.05) is 6.92 Å². The van der Waals surface area contributed by atoms with Crippen molar-refractivity contribution in [3.8, 4) is 6.07 Å². The van der Waals surface area contributed by atoms with E-state index in [1.165, 1.54) is 12.8 Å². The molecule has 1 aliphatic heterocycles. The van der Waals surface area contributed by atoms with Crippen molar-refractivity contribution in [2.45, 2.75) is 51.6 Å². The Labute approximate surface area is 93.2 Å². The first-order valence-corrected chi connectivity index (χ1v) is 6.05. The number of hydrogen-bond donors (Lipinski definition) is 1. The van der Waals surface area contributed by atoms with Crippen molar-refractivity contribution in [1.82, 2.24) is 4.90 Å². The molecule has 3 nitrogen and oxygen atoms in total. The lowest BCUT2D eigenvalue weighted by Gasteiger charge is -2.41. The van der Waals surface area contributed by atoms with Crippen LogP contribution in [0.2, 0.25) is 0 Å². The zero-order chi connectivity index (χ0) is 11.3. The van der Waals surface area contributed by atoms with Gasteiger partial charge in [-0.25, -0.2) is 0 Å². The van der Waals surface area contributed by atoms with E-state index in [4.69, 9.17) is 11.0 Å². The van der Waals surface area contributed by atoms with Crippen molar-refractivity contribution in [1.29, 1.82) is 5.26 Å². The van der Waals surface area contributed by atoms with Gasteiger partial charge >= 0.3 is 0 Å². The largest absolute Gasteiger partial charge is 0.330 e.